The van der Waals surface area contributed by atoms with Crippen molar-refractivity contribution in [2.75, 3.05) is 0 Å². The van der Waals surface area contributed by atoms with Crippen molar-refractivity contribution in [3.8, 4) is 0 Å². The normalized spacial score (nSPS) is 0. The van der Waals surface area contributed by atoms with Gasteiger partial charge in [0.2, 0.25) is 0 Å². The summed E-state index contributed by atoms with van der Waals surface area (Å²) in [6.45, 7) is 0. The minimum atomic E-state index is 0. The van der Waals surface area contributed by atoms with Crippen LogP contribution in [-0.2, 0) is 34.1 Å². The van der Waals surface area contributed by atoms with Crippen molar-refractivity contribution in [3.05, 3.63) is 0 Å². The Morgan fingerprint density at radius 1 is 0.500 bits per heavy atom. The molecule has 0 unspecified atom stereocenters. The molecule has 0 aromatic heterocycles. The van der Waals surface area contributed by atoms with Gasteiger partial charge >= 0.3 is 34.1 Å². The topological polar surface area (TPSA) is 0 Å². The van der Waals surface area contributed by atoms with Crippen LogP contribution in [0.1, 0.15) is 0 Å². The van der Waals surface area contributed by atoms with E-state index < -0.39 is 0 Å². The van der Waals surface area contributed by atoms with Crippen molar-refractivity contribution in [2.45, 2.75) is 0 Å². The van der Waals surface area contributed by atoms with E-state index in [1.165, 1.54) is 0 Å². The summed E-state index contributed by atoms with van der Waals surface area (Å²) in [6.07, 6.45) is 0. The zero-order valence-corrected chi connectivity index (χ0v) is 5.60. The molecule has 0 amide bonds. The number of rotatable bonds is 0. The molecule has 26 valence electrons. The summed E-state index contributed by atoms with van der Waals surface area (Å²) in [7, 11) is 0. The van der Waals surface area contributed by atoms with E-state index in [4.69, 9.17) is 0 Å². The summed E-state index contributed by atoms with van der Waals surface area (Å²) in [4.78, 5) is 0. The van der Waals surface area contributed by atoms with Crippen LogP contribution in [0, 0.1) is 0 Å². The van der Waals surface area contributed by atoms with Crippen molar-refractivity contribution >= 4 is 19.8 Å². The maximum atomic E-state index is 0. The average Bonchev–Trinajstić information content (AvgIpc) is 0. The quantitative estimate of drug-likeness (QED) is 0.387. The van der Waals surface area contributed by atoms with Crippen LogP contribution in [0.2, 0.25) is 0 Å². The first kappa shape index (κ1) is 39.3. The summed E-state index contributed by atoms with van der Waals surface area (Å²) < 4.78 is 0. The molecule has 0 aliphatic rings. The Morgan fingerprint density at radius 3 is 0.500 bits per heavy atom. The van der Waals surface area contributed by atoms with E-state index in [9.17, 15) is 0 Å². The molecule has 0 aliphatic carbocycles. The van der Waals surface area contributed by atoms with E-state index in [0.29, 0.717) is 0 Å². The van der Waals surface area contributed by atoms with E-state index in [0.717, 1.165) is 0 Å². The molecule has 2 radical (unpaired) electrons. The second-order valence-electron chi connectivity index (χ2n) is 0. The molecule has 0 aliphatic heterocycles. The second-order valence-corrected chi connectivity index (χ2v) is 0. The van der Waals surface area contributed by atoms with Crippen molar-refractivity contribution in [1.82, 2.24) is 0 Å². The van der Waals surface area contributed by atoms with Crippen LogP contribution in [0.15, 0.2) is 0 Å². The minimum absolute atomic E-state index is 0. The van der Waals surface area contributed by atoms with Gasteiger partial charge in [-0.2, -0.15) is 0 Å². The Morgan fingerprint density at radius 2 is 0.500 bits per heavy atom. The molecule has 0 fully saturated rings. The van der Waals surface area contributed by atoms with Gasteiger partial charge in [-0.1, -0.05) is 0 Å². The summed E-state index contributed by atoms with van der Waals surface area (Å²) in [6, 6.07) is 0. The zero-order valence-electron chi connectivity index (χ0n) is 1.60. The predicted octanol–water partition coefficient (Wildman–Crippen LogP) is 1.72. The second kappa shape index (κ2) is 20.7. The summed E-state index contributed by atoms with van der Waals surface area (Å²) >= 11 is 0. The molecule has 0 spiro atoms. The van der Waals surface area contributed by atoms with E-state index in [2.05, 4.69) is 0 Å². The van der Waals surface area contributed by atoms with Crippen molar-refractivity contribution in [3.63, 3.8) is 0 Å². The molecule has 0 saturated heterocycles. The van der Waals surface area contributed by atoms with Gasteiger partial charge in [-0.25, -0.2) is 0 Å². The van der Waals surface area contributed by atoms with Gasteiger partial charge in [0.1, 0.15) is 0 Å². The van der Waals surface area contributed by atoms with Crippen LogP contribution in [0.25, 0.3) is 0 Å². The summed E-state index contributed by atoms with van der Waals surface area (Å²) in [5.74, 6) is 0. The first-order chi connectivity index (χ1) is 0. The van der Waals surface area contributed by atoms with Gasteiger partial charge in [0.05, 0.1) is 0 Å². The van der Waals surface area contributed by atoms with Crippen LogP contribution in [-0.4, -0.2) is 0 Å². The first-order valence-corrected chi connectivity index (χ1v) is 0. The molecule has 0 saturated carbocycles. The Labute approximate surface area is 54.1 Å². The molecule has 4 heteroatoms. The van der Waals surface area contributed by atoms with Gasteiger partial charge in [-0.3, -0.25) is 0 Å². The third-order valence-electron chi connectivity index (χ3n) is 0. The molecule has 0 aromatic rings. The van der Waals surface area contributed by atoms with Crippen LogP contribution in [0.5, 0.6) is 0 Å². The fraction of sp³-hybridized carbons (Fsp3) is 0. The van der Waals surface area contributed by atoms with Gasteiger partial charge in [-0.15, -0.1) is 0 Å². The fourth-order valence-corrected chi connectivity index (χ4v) is 0. The maximum Gasteiger partial charge on any atom is 3.00 e. The molecular weight excluding hydrogens is 174 g/mol. The van der Waals surface area contributed by atoms with Gasteiger partial charge < -0.3 is 19.8 Å². The van der Waals surface area contributed by atoms with Crippen molar-refractivity contribution < 1.29 is 34.1 Å². The standard InChI is InChI=1S/2Fe.2P/q2*+3;2*-3. The molecular formula is Fe2P2. The van der Waals surface area contributed by atoms with Gasteiger partial charge in [0.25, 0.3) is 0 Å². The Balaban J connectivity index is 0. The molecule has 0 atom stereocenters. The predicted molar refractivity (Wildman–Crippen MR) is 13.8 cm³/mol. The average molecular weight is 174 g/mol. The van der Waals surface area contributed by atoms with Crippen LogP contribution >= 0.6 is 19.8 Å². The number of hydrogen-bond acceptors (Lipinski definition) is 0. The maximum absolute atomic E-state index is 0. The molecule has 0 bridgehead atoms. The Hall–Kier alpha value is 1.90. The minimum Gasteiger partial charge on any atom is -3.00 e. The van der Waals surface area contributed by atoms with Crippen LogP contribution in [0.4, 0.5) is 0 Å². The first-order valence-electron chi connectivity index (χ1n) is 0. The Bertz CT molecular complexity index is 4.00. The Kier molecular flexibility index (Phi) is 203. The molecule has 4 heavy (non-hydrogen) atoms. The van der Waals surface area contributed by atoms with Gasteiger partial charge in [-0.05, 0) is 0 Å². The van der Waals surface area contributed by atoms with Gasteiger partial charge in [0.15, 0.2) is 0 Å². The fourth-order valence-electron chi connectivity index (χ4n) is 0. The molecule has 0 rings (SSSR count). The van der Waals surface area contributed by atoms with E-state index >= 15 is 0 Å². The SMILES string of the molecule is [Fe+3].[Fe+3].[P-3].[P-3]. The zero-order chi connectivity index (χ0) is 0. The third kappa shape index (κ3) is 9.09. The van der Waals surface area contributed by atoms with E-state index in [1.54, 1.807) is 0 Å². The molecule has 0 nitrogen and oxygen atoms in total. The monoisotopic (exact) mass is 174 g/mol. The van der Waals surface area contributed by atoms with Crippen LogP contribution in [0.3, 0.4) is 0 Å². The molecule has 0 N–H and O–H groups in total. The summed E-state index contributed by atoms with van der Waals surface area (Å²) in [5, 5.41) is 0. The third-order valence-corrected chi connectivity index (χ3v) is 0. The van der Waals surface area contributed by atoms with Crippen LogP contribution < -0.4 is 0 Å². The molecule has 0 heterocycles. The molecule has 0 aromatic carbocycles. The number of hydrogen-bond donors (Lipinski definition) is 0. The summed E-state index contributed by atoms with van der Waals surface area (Å²) in [5.41, 5.74) is 0. The van der Waals surface area contributed by atoms with Crippen molar-refractivity contribution in [2.24, 2.45) is 0 Å². The van der Waals surface area contributed by atoms with Gasteiger partial charge in [0, 0.05) is 0 Å². The van der Waals surface area contributed by atoms with E-state index in [1.807, 2.05) is 0 Å². The van der Waals surface area contributed by atoms with Crippen molar-refractivity contribution in [1.29, 1.82) is 0 Å². The largest absolute Gasteiger partial charge is 3.00 e. The van der Waals surface area contributed by atoms with E-state index in [-0.39, 0.29) is 53.9 Å². The smallest absolute Gasteiger partial charge is 3.00 e.